The van der Waals surface area contributed by atoms with Crippen LogP contribution in [0, 0.1) is 17.8 Å². The number of piperidine rings is 1. The van der Waals surface area contributed by atoms with Crippen molar-refractivity contribution in [2.45, 2.75) is 25.8 Å². The van der Waals surface area contributed by atoms with Crippen LogP contribution >= 0.6 is 0 Å². The Morgan fingerprint density at radius 3 is 2.76 bits per heavy atom. The van der Waals surface area contributed by atoms with Crippen LogP contribution in [0.15, 0.2) is 0 Å². The number of rotatable bonds is 2. The monoisotopic (exact) mass is 295 g/mol. The molecule has 3 aliphatic heterocycles. The Balaban J connectivity index is 1.59. The summed E-state index contributed by atoms with van der Waals surface area (Å²) in [7, 11) is 0. The summed E-state index contributed by atoms with van der Waals surface area (Å²) in [4.78, 5) is 38.7. The number of hydrogen-bond acceptors (Lipinski definition) is 3. The average Bonchev–Trinajstić information content (AvgIpc) is 2.78. The van der Waals surface area contributed by atoms with E-state index in [-0.39, 0.29) is 29.8 Å². The number of nitrogens with one attached hydrogen (secondary N) is 1. The molecule has 7 heteroatoms. The smallest absolute Gasteiger partial charge is 0.320 e. The van der Waals surface area contributed by atoms with Gasteiger partial charge in [0.05, 0.1) is 17.9 Å². The molecule has 0 radical (unpaired) electrons. The number of aliphatic carboxylic acids is 1. The molecule has 0 aromatic carbocycles. The van der Waals surface area contributed by atoms with E-state index < -0.39 is 11.9 Å². The summed E-state index contributed by atoms with van der Waals surface area (Å²) in [6.07, 6.45) is 1.70. The minimum Gasteiger partial charge on any atom is -0.481 e. The number of nitrogens with zero attached hydrogens (tertiary/aromatic N) is 2. The third kappa shape index (κ3) is 2.34. The third-order valence-corrected chi connectivity index (χ3v) is 5.12. The lowest BCUT2D eigenvalue weighted by atomic mass is 9.87. The summed E-state index contributed by atoms with van der Waals surface area (Å²) in [6, 6.07) is -0.0789. The summed E-state index contributed by atoms with van der Waals surface area (Å²) >= 11 is 0. The molecule has 21 heavy (non-hydrogen) atoms. The third-order valence-electron chi connectivity index (χ3n) is 5.12. The average molecular weight is 295 g/mol. The fourth-order valence-electron chi connectivity index (χ4n) is 3.56. The number of amides is 3. The Morgan fingerprint density at radius 1 is 1.38 bits per heavy atom. The van der Waals surface area contributed by atoms with Gasteiger partial charge in [-0.05, 0) is 12.8 Å². The predicted molar refractivity (Wildman–Crippen MR) is 73.5 cm³/mol. The van der Waals surface area contributed by atoms with Crippen LogP contribution < -0.4 is 5.32 Å². The molecule has 3 rings (SSSR count). The SMILES string of the molecule is CC(C(=O)O)C1CN(C(=O)N2CCCC3C(=O)NCC32)C1. The molecular weight excluding hydrogens is 274 g/mol. The van der Waals surface area contributed by atoms with Crippen LogP contribution in [0.4, 0.5) is 4.79 Å². The van der Waals surface area contributed by atoms with E-state index in [9.17, 15) is 14.4 Å². The van der Waals surface area contributed by atoms with Gasteiger partial charge >= 0.3 is 12.0 Å². The number of carbonyl (C=O) groups excluding carboxylic acids is 2. The highest BCUT2D eigenvalue weighted by molar-refractivity contribution is 5.84. The molecule has 0 aliphatic carbocycles. The lowest BCUT2D eigenvalue weighted by Gasteiger charge is -2.46. The first-order valence-electron chi connectivity index (χ1n) is 7.55. The number of hydrogen-bond donors (Lipinski definition) is 2. The van der Waals surface area contributed by atoms with Crippen molar-refractivity contribution in [3.8, 4) is 0 Å². The van der Waals surface area contributed by atoms with Crippen LogP contribution in [0.5, 0.6) is 0 Å². The maximum Gasteiger partial charge on any atom is 0.320 e. The maximum atomic E-state index is 12.5. The molecule has 0 bridgehead atoms. The molecule has 0 saturated carbocycles. The first-order valence-corrected chi connectivity index (χ1v) is 7.55. The number of fused-ring (bicyclic) bond motifs is 1. The quantitative estimate of drug-likeness (QED) is 0.748. The Bertz CT molecular complexity index is 475. The summed E-state index contributed by atoms with van der Waals surface area (Å²) in [6.45, 7) is 3.91. The Hall–Kier alpha value is -1.79. The van der Waals surface area contributed by atoms with Crippen molar-refractivity contribution in [2.24, 2.45) is 17.8 Å². The van der Waals surface area contributed by atoms with Gasteiger partial charge in [0.15, 0.2) is 0 Å². The number of carboxylic acid groups (broad SMARTS) is 1. The van der Waals surface area contributed by atoms with Gasteiger partial charge in [0, 0.05) is 32.1 Å². The molecule has 0 aromatic heterocycles. The summed E-state index contributed by atoms with van der Waals surface area (Å²) in [5.74, 6) is -1.21. The molecule has 3 unspecified atom stereocenters. The minimum absolute atomic E-state index is 0.0327. The van der Waals surface area contributed by atoms with Crippen LogP contribution in [0.25, 0.3) is 0 Å². The van der Waals surface area contributed by atoms with Gasteiger partial charge in [-0.2, -0.15) is 0 Å². The molecule has 3 aliphatic rings. The largest absolute Gasteiger partial charge is 0.481 e. The summed E-state index contributed by atoms with van der Waals surface area (Å²) < 4.78 is 0. The van der Waals surface area contributed by atoms with Gasteiger partial charge in [-0.15, -0.1) is 0 Å². The molecule has 3 fully saturated rings. The number of carbonyl (C=O) groups is 3. The van der Waals surface area contributed by atoms with Gasteiger partial charge in [-0.1, -0.05) is 6.92 Å². The fourth-order valence-corrected chi connectivity index (χ4v) is 3.56. The van der Waals surface area contributed by atoms with E-state index in [0.717, 1.165) is 12.8 Å². The normalized spacial score (nSPS) is 30.4. The first kappa shape index (κ1) is 14.2. The Labute approximate surface area is 123 Å². The van der Waals surface area contributed by atoms with E-state index in [4.69, 9.17) is 5.11 Å². The summed E-state index contributed by atoms with van der Waals surface area (Å²) in [5.41, 5.74) is 0. The van der Waals surface area contributed by atoms with Crippen molar-refractivity contribution in [3.05, 3.63) is 0 Å². The lowest BCUT2D eigenvalue weighted by Crippen LogP contribution is -2.61. The predicted octanol–water partition coefficient (Wildman–Crippen LogP) is -0.0307. The highest BCUT2D eigenvalue weighted by Gasteiger charge is 2.46. The highest BCUT2D eigenvalue weighted by Crippen LogP contribution is 2.31. The van der Waals surface area contributed by atoms with Crippen molar-refractivity contribution in [1.29, 1.82) is 0 Å². The second kappa shape index (κ2) is 5.20. The number of likely N-dealkylation sites (tertiary alicyclic amines) is 2. The van der Waals surface area contributed by atoms with Crippen molar-refractivity contribution < 1.29 is 19.5 Å². The molecule has 0 spiro atoms. The van der Waals surface area contributed by atoms with Crippen LogP contribution in [-0.4, -0.2) is 65.0 Å². The molecule has 3 amide bonds. The van der Waals surface area contributed by atoms with Gasteiger partial charge in [0.2, 0.25) is 5.91 Å². The first-order chi connectivity index (χ1) is 9.99. The second-order valence-electron chi connectivity index (χ2n) is 6.33. The van der Waals surface area contributed by atoms with Crippen molar-refractivity contribution in [3.63, 3.8) is 0 Å². The van der Waals surface area contributed by atoms with Gasteiger partial charge in [0.1, 0.15) is 0 Å². The van der Waals surface area contributed by atoms with Gasteiger partial charge in [0.25, 0.3) is 0 Å². The van der Waals surface area contributed by atoms with Gasteiger partial charge in [-0.25, -0.2) is 4.79 Å². The zero-order valence-electron chi connectivity index (χ0n) is 12.1. The zero-order valence-corrected chi connectivity index (χ0v) is 12.1. The minimum atomic E-state index is -0.810. The van der Waals surface area contributed by atoms with E-state index >= 15 is 0 Å². The van der Waals surface area contributed by atoms with E-state index in [1.807, 2.05) is 0 Å². The fraction of sp³-hybridized carbons (Fsp3) is 0.786. The van der Waals surface area contributed by atoms with Crippen LogP contribution in [0.1, 0.15) is 19.8 Å². The molecule has 7 nitrogen and oxygen atoms in total. The molecule has 3 atom stereocenters. The number of carboxylic acids is 1. The Morgan fingerprint density at radius 2 is 2.10 bits per heavy atom. The molecule has 3 heterocycles. The second-order valence-corrected chi connectivity index (χ2v) is 6.33. The molecular formula is C14H21N3O4. The van der Waals surface area contributed by atoms with E-state index in [1.165, 1.54) is 0 Å². The molecule has 3 saturated heterocycles. The van der Waals surface area contributed by atoms with Gasteiger partial charge in [-0.3, -0.25) is 9.59 Å². The zero-order chi connectivity index (χ0) is 15.1. The van der Waals surface area contributed by atoms with Crippen LogP contribution in [0.2, 0.25) is 0 Å². The summed E-state index contributed by atoms with van der Waals surface area (Å²) in [5, 5.41) is 11.8. The molecule has 2 N–H and O–H groups in total. The van der Waals surface area contributed by atoms with Crippen LogP contribution in [0.3, 0.4) is 0 Å². The molecule has 0 aromatic rings. The van der Waals surface area contributed by atoms with E-state index in [1.54, 1.807) is 16.7 Å². The standard InChI is InChI=1S/C14H21N3O4/c1-8(13(19)20)9-6-16(7-9)14(21)17-4-2-3-10-11(17)5-15-12(10)18/h8-11H,2-7H2,1H3,(H,15,18)(H,19,20). The van der Waals surface area contributed by atoms with Crippen molar-refractivity contribution in [1.82, 2.24) is 15.1 Å². The molecule has 116 valence electrons. The number of urea groups is 1. The van der Waals surface area contributed by atoms with Crippen molar-refractivity contribution >= 4 is 17.9 Å². The van der Waals surface area contributed by atoms with Crippen molar-refractivity contribution in [2.75, 3.05) is 26.2 Å². The van der Waals surface area contributed by atoms with E-state index in [2.05, 4.69) is 5.32 Å². The van der Waals surface area contributed by atoms with Gasteiger partial charge < -0.3 is 20.2 Å². The van der Waals surface area contributed by atoms with E-state index in [0.29, 0.717) is 26.2 Å². The maximum absolute atomic E-state index is 12.5. The lowest BCUT2D eigenvalue weighted by molar-refractivity contribution is -0.145. The Kier molecular flexibility index (Phi) is 3.51. The highest BCUT2D eigenvalue weighted by atomic mass is 16.4. The van der Waals surface area contributed by atoms with Crippen LogP contribution in [-0.2, 0) is 9.59 Å². The topological polar surface area (TPSA) is 90.0 Å².